The van der Waals surface area contributed by atoms with Crippen LogP contribution in [0.15, 0.2) is 36.1 Å². The Morgan fingerprint density at radius 1 is 1.00 bits per heavy atom. The van der Waals surface area contributed by atoms with Crippen LogP contribution in [0.4, 0.5) is 4.79 Å². The van der Waals surface area contributed by atoms with E-state index in [9.17, 15) is 4.79 Å². The van der Waals surface area contributed by atoms with E-state index in [0.29, 0.717) is 0 Å². The highest BCUT2D eigenvalue weighted by molar-refractivity contribution is 5.61. The zero-order chi connectivity index (χ0) is 12.1. The van der Waals surface area contributed by atoms with E-state index in [1.165, 1.54) is 12.5 Å². The minimum absolute atomic E-state index is 0.783. The van der Waals surface area contributed by atoms with Gasteiger partial charge in [-0.2, -0.15) is 0 Å². The van der Waals surface area contributed by atoms with Gasteiger partial charge in [0.2, 0.25) is 0 Å². The molecule has 88 valence electrons. The van der Waals surface area contributed by atoms with Crippen LogP contribution >= 0.6 is 0 Å². The predicted molar refractivity (Wildman–Crippen MR) is 62.7 cm³/mol. The van der Waals surface area contributed by atoms with Crippen LogP contribution in [0.3, 0.4) is 0 Å². The molecule has 0 saturated carbocycles. The van der Waals surface area contributed by atoms with Crippen molar-refractivity contribution in [1.29, 1.82) is 0 Å². The van der Waals surface area contributed by atoms with Crippen LogP contribution in [0.25, 0.3) is 0 Å². The normalized spacial score (nSPS) is 8.12. The number of unbranched alkanes of at least 4 members (excludes halogenated alkanes) is 2. The third-order valence-corrected chi connectivity index (χ3v) is 1.55. The molecular weight excluding hydrogens is 204 g/mol. The molecule has 0 rings (SSSR count). The Labute approximate surface area is 96.7 Å². The molecule has 0 radical (unpaired) electrons. The second-order valence-electron chi connectivity index (χ2n) is 3.04. The van der Waals surface area contributed by atoms with Gasteiger partial charge in [-0.15, -0.1) is 0 Å². The van der Waals surface area contributed by atoms with E-state index in [4.69, 9.17) is 0 Å². The van der Waals surface area contributed by atoms with Crippen molar-refractivity contribution in [2.45, 2.75) is 39.5 Å². The van der Waals surface area contributed by atoms with Crippen LogP contribution in [-0.2, 0) is 9.47 Å². The molecule has 0 aliphatic carbocycles. The van der Waals surface area contributed by atoms with Gasteiger partial charge in [-0.3, -0.25) is 0 Å². The molecule has 16 heavy (non-hydrogen) atoms. The topological polar surface area (TPSA) is 35.5 Å². The minimum Gasteiger partial charge on any atom is -0.394 e. The Bertz CT molecular complexity index is 273. The van der Waals surface area contributed by atoms with E-state index in [1.54, 1.807) is 12.2 Å². The van der Waals surface area contributed by atoms with Gasteiger partial charge in [0.15, 0.2) is 0 Å². The Hall–Kier alpha value is -1.69. The fourth-order valence-electron chi connectivity index (χ4n) is 0.744. The molecule has 0 saturated heterocycles. The lowest BCUT2D eigenvalue weighted by molar-refractivity contribution is 0.120. The third kappa shape index (κ3) is 10.4. The third-order valence-electron chi connectivity index (χ3n) is 1.55. The first-order chi connectivity index (χ1) is 7.81. The Morgan fingerprint density at radius 3 is 1.81 bits per heavy atom. The van der Waals surface area contributed by atoms with Crippen LogP contribution in [0.1, 0.15) is 39.5 Å². The minimum atomic E-state index is -0.783. The summed E-state index contributed by atoms with van der Waals surface area (Å²) in [6.45, 7) is 4.11. The number of rotatable bonds is 6. The molecule has 0 amide bonds. The molecule has 0 bridgehead atoms. The first kappa shape index (κ1) is 14.3. The molecule has 0 aromatic heterocycles. The molecule has 3 nitrogen and oxygen atoms in total. The smallest absolute Gasteiger partial charge is 0.394 e. The summed E-state index contributed by atoms with van der Waals surface area (Å²) in [5.41, 5.74) is 5.43. The summed E-state index contributed by atoms with van der Waals surface area (Å²) in [4.78, 5) is 10.9. The van der Waals surface area contributed by atoms with Crippen molar-refractivity contribution in [2.75, 3.05) is 0 Å². The summed E-state index contributed by atoms with van der Waals surface area (Å²) in [7, 11) is 0. The number of hydrogen-bond acceptors (Lipinski definition) is 3. The van der Waals surface area contributed by atoms with Gasteiger partial charge in [0.05, 0.1) is 0 Å². The summed E-state index contributed by atoms with van der Waals surface area (Å²) in [6, 6.07) is 0. The van der Waals surface area contributed by atoms with Gasteiger partial charge in [0.1, 0.15) is 12.5 Å². The van der Waals surface area contributed by atoms with Gasteiger partial charge in [0.25, 0.3) is 0 Å². The van der Waals surface area contributed by atoms with Crippen molar-refractivity contribution in [1.82, 2.24) is 0 Å². The lowest BCUT2D eigenvalue weighted by Crippen LogP contribution is -1.96. The molecule has 0 atom stereocenters. The van der Waals surface area contributed by atoms with Crippen LogP contribution in [0, 0.1) is 0 Å². The maximum atomic E-state index is 10.9. The fraction of sp³-hybridized carbons (Fsp3) is 0.462. The quantitative estimate of drug-likeness (QED) is 0.386. The molecule has 0 aliphatic heterocycles. The first-order valence-electron chi connectivity index (χ1n) is 5.47. The van der Waals surface area contributed by atoms with Crippen molar-refractivity contribution < 1.29 is 14.3 Å². The molecular formula is C13H18O3. The van der Waals surface area contributed by atoms with Gasteiger partial charge in [-0.25, -0.2) is 4.79 Å². The summed E-state index contributed by atoms with van der Waals surface area (Å²) in [6.07, 6.45) is 9.07. The van der Waals surface area contributed by atoms with E-state index in [-0.39, 0.29) is 0 Å². The molecule has 0 aliphatic rings. The summed E-state index contributed by atoms with van der Waals surface area (Å²) in [5, 5.41) is 0. The maximum absolute atomic E-state index is 10.9. The van der Waals surface area contributed by atoms with E-state index >= 15 is 0 Å². The molecule has 0 N–H and O–H groups in total. The van der Waals surface area contributed by atoms with Crippen LogP contribution in [0.2, 0.25) is 0 Å². The molecule has 0 unspecified atom stereocenters. The van der Waals surface area contributed by atoms with Crippen molar-refractivity contribution in [3.63, 3.8) is 0 Å². The van der Waals surface area contributed by atoms with Crippen LogP contribution < -0.4 is 0 Å². The van der Waals surface area contributed by atoms with Crippen LogP contribution in [-0.4, -0.2) is 6.16 Å². The highest BCUT2D eigenvalue weighted by atomic mass is 16.7. The Balaban J connectivity index is 3.74. The molecule has 0 spiro atoms. The van der Waals surface area contributed by atoms with Crippen molar-refractivity contribution >= 4 is 6.16 Å². The summed E-state index contributed by atoms with van der Waals surface area (Å²) < 4.78 is 9.16. The summed E-state index contributed by atoms with van der Waals surface area (Å²) in [5.74, 6) is 0. The van der Waals surface area contributed by atoms with Gasteiger partial charge in [-0.1, -0.05) is 38.2 Å². The van der Waals surface area contributed by atoms with Crippen molar-refractivity contribution in [3.05, 3.63) is 36.1 Å². The highest BCUT2D eigenvalue weighted by Gasteiger charge is 1.95. The maximum Gasteiger partial charge on any atom is 0.519 e. The van der Waals surface area contributed by atoms with Gasteiger partial charge >= 0.3 is 6.16 Å². The summed E-state index contributed by atoms with van der Waals surface area (Å²) >= 11 is 0. The average molecular weight is 222 g/mol. The number of hydrogen-bond donors (Lipinski definition) is 0. The number of carbonyl (C=O) groups is 1. The largest absolute Gasteiger partial charge is 0.519 e. The van der Waals surface area contributed by atoms with Crippen LogP contribution in [0.5, 0.6) is 0 Å². The fourth-order valence-corrected chi connectivity index (χ4v) is 0.744. The van der Waals surface area contributed by atoms with E-state index < -0.39 is 6.16 Å². The van der Waals surface area contributed by atoms with Gasteiger partial charge < -0.3 is 9.47 Å². The van der Waals surface area contributed by atoms with Crippen molar-refractivity contribution in [2.24, 2.45) is 0 Å². The zero-order valence-electron chi connectivity index (χ0n) is 9.86. The molecule has 3 heteroatoms. The van der Waals surface area contributed by atoms with E-state index in [2.05, 4.69) is 34.8 Å². The molecule has 0 fully saturated rings. The van der Waals surface area contributed by atoms with Gasteiger partial charge in [0, 0.05) is 0 Å². The Morgan fingerprint density at radius 2 is 1.44 bits per heavy atom. The lowest BCUT2D eigenvalue weighted by atomic mass is 10.3. The average Bonchev–Trinajstić information content (AvgIpc) is 2.28. The van der Waals surface area contributed by atoms with E-state index in [1.807, 2.05) is 0 Å². The number of allylic oxidation sites excluding steroid dienone is 2. The predicted octanol–water partition coefficient (Wildman–Crippen LogP) is 4.08. The first-order valence-corrected chi connectivity index (χ1v) is 5.47. The SMILES string of the molecule is CCCC=C=COC(=O)OC=C=CCCC. The standard InChI is InChI=1S/C13H18O3/c1-3-5-7-9-11-15-13(14)16-12-10-8-6-4-2/h7-8,11-12H,3-6H2,1-2H3. The molecule has 0 heterocycles. The highest BCUT2D eigenvalue weighted by Crippen LogP contribution is 1.90. The lowest BCUT2D eigenvalue weighted by Gasteiger charge is -1.92. The molecule has 0 aromatic carbocycles. The second kappa shape index (κ2) is 11.4. The number of carbonyl (C=O) groups excluding carboxylic acids is 1. The monoisotopic (exact) mass is 222 g/mol. The molecule has 0 aromatic rings. The van der Waals surface area contributed by atoms with Gasteiger partial charge in [-0.05, 0) is 25.0 Å². The van der Waals surface area contributed by atoms with E-state index in [0.717, 1.165) is 25.7 Å². The second-order valence-corrected chi connectivity index (χ2v) is 3.04. The Kier molecular flexibility index (Phi) is 10.2. The van der Waals surface area contributed by atoms with Crippen molar-refractivity contribution in [3.8, 4) is 0 Å². The zero-order valence-corrected chi connectivity index (χ0v) is 9.86. The number of ether oxygens (including phenoxy) is 2.